The summed E-state index contributed by atoms with van der Waals surface area (Å²) in [5, 5.41) is 9.12. The van der Waals surface area contributed by atoms with Crippen molar-refractivity contribution in [3.8, 4) is 22.8 Å². The van der Waals surface area contributed by atoms with Crippen molar-refractivity contribution in [3.05, 3.63) is 112 Å². The molecule has 10 heteroatoms. The first-order chi connectivity index (χ1) is 18.7. The second-order valence-electron chi connectivity index (χ2n) is 8.91. The van der Waals surface area contributed by atoms with Gasteiger partial charge in [-0.2, -0.15) is 0 Å². The number of carbonyl (C=O) groups is 3. The summed E-state index contributed by atoms with van der Waals surface area (Å²) in [7, 11) is 0. The number of ketones is 1. The van der Waals surface area contributed by atoms with Crippen LogP contribution in [0.3, 0.4) is 0 Å². The lowest BCUT2D eigenvalue weighted by Crippen LogP contribution is -2.21. The van der Waals surface area contributed by atoms with Gasteiger partial charge < -0.3 is 19.0 Å². The minimum atomic E-state index is -1.63. The number of benzene rings is 3. The molecule has 4 aromatic rings. The molecule has 1 N–H and O–H groups in total. The summed E-state index contributed by atoms with van der Waals surface area (Å²) in [6.45, 7) is 0. The number of hydrogen-bond donors (Lipinski definition) is 1. The number of hydrogen-bond acceptors (Lipinski definition) is 6. The molecule has 39 heavy (non-hydrogen) atoms. The van der Waals surface area contributed by atoms with Crippen molar-refractivity contribution < 1.29 is 46.6 Å². The average Bonchev–Trinajstić information content (AvgIpc) is 3.52. The summed E-state index contributed by atoms with van der Waals surface area (Å²) in [5.74, 6) is -6.53. The number of Topliss-reactive ketones (excluding diaryl/α,β-unsaturated/α-hetero) is 1. The molecule has 3 aromatic carbocycles. The van der Waals surface area contributed by atoms with Crippen LogP contribution < -0.4 is 9.47 Å². The highest BCUT2D eigenvalue weighted by Crippen LogP contribution is 2.49. The Balaban J connectivity index is 1.38. The third-order valence-electron chi connectivity index (χ3n) is 6.47. The van der Waals surface area contributed by atoms with Gasteiger partial charge in [-0.05, 0) is 60.2 Å². The summed E-state index contributed by atoms with van der Waals surface area (Å²) >= 11 is 0. The molecule has 7 nitrogen and oxygen atoms in total. The van der Waals surface area contributed by atoms with Gasteiger partial charge >= 0.3 is 11.9 Å². The van der Waals surface area contributed by atoms with E-state index in [0.29, 0.717) is 22.6 Å². The molecule has 0 aliphatic carbocycles. The fourth-order valence-corrected chi connectivity index (χ4v) is 4.63. The molecular formula is C29H15F3O7. The van der Waals surface area contributed by atoms with Crippen LogP contribution in [0.5, 0.6) is 11.5 Å². The van der Waals surface area contributed by atoms with Crippen LogP contribution in [0.4, 0.5) is 13.2 Å². The van der Waals surface area contributed by atoms with Gasteiger partial charge in [0.1, 0.15) is 23.0 Å². The van der Waals surface area contributed by atoms with Gasteiger partial charge in [-0.1, -0.05) is 12.1 Å². The predicted molar refractivity (Wildman–Crippen MR) is 129 cm³/mol. The van der Waals surface area contributed by atoms with E-state index in [-0.39, 0.29) is 40.4 Å². The van der Waals surface area contributed by atoms with E-state index in [4.69, 9.17) is 19.0 Å². The van der Waals surface area contributed by atoms with Crippen LogP contribution in [0.1, 0.15) is 49.9 Å². The smallest absolute Gasteiger partial charge is 0.335 e. The SMILES string of the molecule is O=C1C[C@H](c2ccc(-c3ccc(C(=O)O)cc3)o2)c2c(ccc3c2O/C(=C\c2cc(F)c(F)c(F)c2)C3=O)O1. The zero-order valence-corrected chi connectivity index (χ0v) is 19.7. The fourth-order valence-electron chi connectivity index (χ4n) is 4.63. The summed E-state index contributed by atoms with van der Waals surface area (Å²) < 4.78 is 58.0. The molecule has 6 rings (SSSR count). The molecular weight excluding hydrogens is 517 g/mol. The number of carboxylic acid groups (broad SMARTS) is 1. The van der Waals surface area contributed by atoms with Crippen molar-refractivity contribution >= 4 is 23.8 Å². The van der Waals surface area contributed by atoms with E-state index in [1.165, 1.54) is 24.3 Å². The summed E-state index contributed by atoms with van der Waals surface area (Å²) in [6, 6.07) is 13.7. The molecule has 0 saturated heterocycles. The molecule has 0 fully saturated rings. The second kappa shape index (κ2) is 9.02. The number of halogens is 3. The minimum absolute atomic E-state index is 0.105. The molecule has 0 bridgehead atoms. The predicted octanol–water partition coefficient (Wildman–Crippen LogP) is 6.12. The normalized spacial score (nSPS) is 17.0. The molecule has 0 spiro atoms. The number of furan rings is 1. The molecule has 2 aliphatic heterocycles. The van der Waals surface area contributed by atoms with Gasteiger partial charge in [-0.3, -0.25) is 9.59 Å². The van der Waals surface area contributed by atoms with Gasteiger partial charge in [0.25, 0.3) is 0 Å². The maximum Gasteiger partial charge on any atom is 0.335 e. The highest BCUT2D eigenvalue weighted by molar-refractivity contribution is 6.15. The number of allylic oxidation sites excluding steroid dienone is 1. The van der Waals surface area contributed by atoms with Crippen LogP contribution in [0, 0.1) is 17.5 Å². The lowest BCUT2D eigenvalue weighted by molar-refractivity contribution is -0.135. The van der Waals surface area contributed by atoms with Gasteiger partial charge in [-0.15, -0.1) is 0 Å². The number of fused-ring (bicyclic) bond motifs is 3. The van der Waals surface area contributed by atoms with E-state index in [1.54, 1.807) is 24.3 Å². The van der Waals surface area contributed by atoms with E-state index in [2.05, 4.69) is 0 Å². The van der Waals surface area contributed by atoms with E-state index in [9.17, 15) is 27.6 Å². The van der Waals surface area contributed by atoms with Gasteiger partial charge in [0.2, 0.25) is 5.78 Å². The van der Waals surface area contributed by atoms with Crippen molar-refractivity contribution in [1.29, 1.82) is 0 Å². The number of carboxylic acids is 1. The average molecular weight is 532 g/mol. The van der Waals surface area contributed by atoms with Crippen LogP contribution in [0.2, 0.25) is 0 Å². The first kappa shape index (κ1) is 24.2. The molecule has 194 valence electrons. The molecule has 1 aromatic heterocycles. The zero-order valence-electron chi connectivity index (χ0n) is 19.7. The zero-order chi connectivity index (χ0) is 27.4. The van der Waals surface area contributed by atoms with Crippen LogP contribution in [0.15, 0.2) is 70.8 Å². The summed E-state index contributed by atoms with van der Waals surface area (Å²) in [6.07, 6.45) is 0.968. The van der Waals surface area contributed by atoms with Crippen LogP contribution >= 0.6 is 0 Å². The van der Waals surface area contributed by atoms with Crippen molar-refractivity contribution in [2.45, 2.75) is 12.3 Å². The van der Waals surface area contributed by atoms with E-state index >= 15 is 0 Å². The fraction of sp³-hybridized carbons (Fsp3) is 0.0690. The van der Waals surface area contributed by atoms with Crippen LogP contribution in [0.25, 0.3) is 17.4 Å². The number of aromatic carboxylic acids is 1. The lowest BCUT2D eigenvalue weighted by Gasteiger charge is -2.24. The van der Waals surface area contributed by atoms with Crippen molar-refractivity contribution in [2.75, 3.05) is 0 Å². The van der Waals surface area contributed by atoms with Crippen LogP contribution in [-0.4, -0.2) is 22.8 Å². The van der Waals surface area contributed by atoms with Gasteiger partial charge in [0.15, 0.2) is 23.2 Å². The number of ether oxygens (including phenoxy) is 2. The Morgan fingerprint density at radius 3 is 2.33 bits per heavy atom. The first-order valence-electron chi connectivity index (χ1n) is 11.6. The quantitative estimate of drug-likeness (QED) is 0.146. The standard InChI is InChI=1S/C29H15F3O7/c30-18-9-13(10-19(31)26(18)32)11-23-27(34)16-5-6-22-25(28(16)39-23)17(12-24(33)38-22)21-8-7-20(37-21)14-1-3-15(4-2-14)29(35)36/h1-11,17H,12H2,(H,35,36)/b23-11-/t17-/m1/s1. The molecule has 3 heterocycles. The third kappa shape index (κ3) is 4.15. The first-order valence-corrected chi connectivity index (χ1v) is 11.6. The largest absolute Gasteiger partial charge is 0.478 e. The topological polar surface area (TPSA) is 103 Å². The van der Waals surface area contributed by atoms with Gasteiger partial charge in [-0.25, -0.2) is 18.0 Å². The number of esters is 1. The van der Waals surface area contributed by atoms with Crippen molar-refractivity contribution in [2.24, 2.45) is 0 Å². The number of carbonyl (C=O) groups excluding carboxylic acids is 2. The van der Waals surface area contributed by atoms with Crippen molar-refractivity contribution in [1.82, 2.24) is 0 Å². The van der Waals surface area contributed by atoms with E-state index in [1.807, 2.05) is 0 Å². The highest BCUT2D eigenvalue weighted by Gasteiger charge is 2.39. The number of rotatable bonds is 4. The highest BCUT2D eigenvalue weighted by atomic mass is 19.2. The Kier molecular flexibility index (Phi) is 5.60. The molecule has 0 radical (unpaired) electrons. The summed E-state index contributed by atoms with van der Waals surface area (Å²) in [5.41, 5.74) is 1.12. The maximum absolute atomic E-state index is 13.7. The molecule has 2 aliphatic rings. The Labute approximate surface area is 217 Å². The monoisotopic (exact) mass is 532 g/mol. The van der Waals surface area contributed by atoms with Gasteiger partial charge in [0, 0.05) is 11.1 Å². The second-order valence-corrected chi connectivity index (χ2v) is 8.91. The Bertz CT molecular complexity index is 1710. The maximum atomic E-state index is 13.7. The van der Waals surface area contributed by atoms with Crippen LogP contribution in [-0.2, 0) is 4.79 Å². The van der Waals surface area contributed by atoms with Crippen molar-refractivity contribution in [3.63, 3.8) is 0 Å². The van der Waals surface area contributed by atoms with E-state index < -0.39 is 41.1 Å². The molecule has 0 saturated carbocycles. The Hall–Kier alpha value is -5.12. The lowest BCUT2D eigenvalue weighted by atomic mass is 9.88. The molecule has 1 atom stereocenters. The van der Waals surface area contributed by atoms with E-state index in [0.717, 1.165) is 18.2 Å². The Morgan fingerprint density at radius 1 is 0.923 bits per heavy atom. The minimum Gasteiger partial charge on any atom is -0.478 e. The molecule has 0 amide bonds. The summed E-state index contributed by atoms with van der Waals surface area (Å²) in [4.78, 5) is 36.6. The van der Waals surface area contributed by atoms with Gasteiger partial charge in [0.05, 0.1) is 23.5 Å². The molecule has 0 unspecified atom stereocenters. The third-order valence-corrected chi connectivity index (χ3v) is 6.47. The Morgan fingerprint density at radius 2 is 1.64 bits per heavy atom.